The molecule has 1 aliphatic carbocycles. The van der Waals surface area contributed by atoms with Gasteiger partial charge in [0.1, 0.15) is 6.10 Å². The van der Waals surface area contributed by atoms with Crippen molar-refractivity contribution in [2.24, 2.45) is 11.7 Å². The number of nitrogens with zero attached hydrogens (tertiary/aromatic N) is 4. The summed E-state index contributed by atoms with van der Waals surface area (Å²) >= 11 is 0. The van der Waals surface area contributed by atoms with Crippen LogP contribution in [-0.2, 0) is 4.74 Å². The van der Waals surface area contributed by atoms with Crippen molar-refractivity contribution in [3.05, 3.63) is 41.7 Å². The van der Waals surface area contributed by atoms with Gasteiger partial charge in [-0.2, -0.15) is 0 Å². The van der Waals surface area contributed by atoms with E-state index in [4.69, 9.17) is 15.5 Å². The Morgan fingerprint density at radius 1 is 1.26 bits per heavy atom. The van der Waals surface area contributed by atoms with E-state index in [-0.39, 0.29) is 6.10 Å². The zero-order valence-electron chi connectivity index (χ0n) is 18.6. The van der Waals surface area contributed by atoms with E-state index in [0.717, 1.165) is 42.4 Å². The first kappa shape index (κ1) is 21.7. The van der Waals surface area contributed by atoms with Crippen LogP contribution in [0.3, 0.4) is 0 Å². The normalized spacial score (nSPS) is 20.5. The van der Waals surface area contributed by atoms with E-state index < -0.39 is 5.91 Å². The molecule has 7 heteroatoms. The molecule has 2 heterocycles. The third-order valence-electron chi connectivity index (χ3n) is 6.36. The quantitative estimate of drug-likeness (QED) is 0.768. The van der Waals surface area contributed by atoms with Crippen molar-refractivity contribution in [2.45, 2.75) is 38.2 Å². The second kappa shape index (κ2) is 9.75. The molecule has 0 spiro atoms. The summed E-state index contributed by atoms with van der Waals surface area (Å²) in [5.74, 6) is 1.00. The molecule has 166 valence electrons. The highest BCUT2D eigenvalue weighted by Gasteiger charge is 2.28. The van der Waals surface area contributed by atoms with Gasteiger partial charge in [0.25, 0.3) is 0 Å². The third kappa shape index (κ3) is 5.22. The second-order valence-corrected chi connectivity index (χ2v) is 8.93. The molecular formula is C24H33N5O2. The summed E-state index contributed by atoms with van der Waals surface area (Å²) in [6.07, 6.45) is 8.47. The predicted molar refractivity (Wildman–Crippen MR) is 122 cm³/mol. The summed E-state index contributed by atoms with van der Waals surface area (Å²) in [6.45, 7) is 3.62. The number of carbonyl (C=O) groups is 1. The largest absolute Gasteiger partial charge is 0.369 e. The van der Waals surface area contributed by atoms with Gasteiger partial charge in [0, 0.05) is 51.1 Å². The van der Waals surface area contributed by atoms with Crippen LogP contribution in [0.5, 0.6) is 0 Å². The standard InChI is InChI=1S/C24H33N5O2/c1-28(2)24-26-14-20(18-9-6-10-19(13-18)23(25)30)22(27-24)21-16-29(11-12-31-21)15-17-7-4-3-5-8-17/h6,9-10,13-14,17,21H,3-5,7-8,11-12,15-16H2,1-2H3,(H2,25,30). The Bertz CT molecular complexity index is 911. The van der Waals surface area contributed by atoms with Gasteiger partial charge in [-0.1, -0.05) is 31.4 Å². The van der Waals surface area contributed by atoms with Crippen LogP contribution in [-0.4, -0.2) is 61.1 Å². The summed E-state index contributed by atoms with van der Waals surface area (Å²) in [5, 5.41) is 0. The van der Waals surface area contributed by atoms with Gasteiger partial charge in [-0.3, -0.25) is 9.69 Å². The minimum Gasteiger partial charge on any atom is -0.369 e. The van der Waals surface area contributed by atoms with Crippen LogP contribution in [0, 0.1) is 5.92 Å². The monoisotopic (exact) mass is 423 g/mol. The van der Waals surface area contributed by atoms with Crippen molar-refractivity contribution >= 4 is 11.9 Å². The van der Waals surface area contributed by atoms with E-state index in [9.17, 15) is 4.79 Å². The number of ether oxygens (including phenoxy) is 1. The fourth-order valence-electron chi connectivity index (χ4n) is 4.68. The highest BCUT2D eigenvalue weighted by molar-refractivity contribution is 5.94. The molecule has 2 N–H and O–H groups in total. The van der Waals surface area contributed by atoms with Crippen molar-refractivity contribution < 1.29 is 9.53 Å². The van der Waals surface area contributed by atoms with E-state index in [1.165, 1.54) is 32.1 Å². The first-order valence-corrected chi connectivity index (χ1v) is 11.3. The van der Waals surface area contributed by atoms with Crippen LogP contribution >= 0.6 is 0 Å². The lowest BCUT2D eigenvalue weighted by Crippen LogP contribution is -2.41. The average Bonchev–Trinajstić information content (AvgIpc) is 2.79. The van der Waals surface area contributed by atoms with Gasteiger partial charge in [0.2, 0.25) is 11.9 Å². The van der Waals surface area contributed by atoms with Crippen LogP contribution in [0.1, 0.15) is 54.3 Å². The molecule has 2 fully saturated rings. The average molecular weight is 424 g/mol. The Labute approximate surface area is 184 Å². The summed E-state index contributed by atoms with van der Waals surface area (Å²) < 4.78 is 6.22. The lowest BCUT2D eigenvalue weighted by Gasteiger charge is -2.36. The Kier molecular flexibility index (Phi) is 6.83. The van der Waals surface area contributed by atoms with Crippen LogP contribution in [0.25, 0.3) is 11.1 Å². The van der Waals surface area contributed by atoms with Gasteiger partial charge in [-0.15, -0.1) is 0 Å². The molecule has 0 bridgehead atoms. The highest BCUT2D eigenvalue weighted by Crippen LogP contribution is 2.33. The Morgan fingerprint density at radius 3 is 2.81 bits per heavy atom. The number of anilines is 1. The predicted octanol–water partition coefficient (Wildman–Crippen LogP) is 3.26. The van der Waals surface area contributed by atoms with Crippen LogP contribution in [0.2, 0.25) is 0 Å². The lowest BCUT2D eigenvalue weighted by molar-refractivity contribution is -0.0376. The molecule has 0 radical (unpaired) electrons. The molecule has 1 atom stereocenters. The van der Waals surface area contributed by atoms with Crippen molar-refractivity contribution in [3.63, 3.8) is 0 Å². The maximum atomic E-state index is 11.7. The first-order chi connectivity index (χ1) is 15.0. The van der Waals surface area contributed by atoms with E-state index >= 15 is 0 Å². The SMILES string of the molecule is CN(C)c1ncc(-c2cccc(C(N)=O)c2)c(C2CN(CC3CCCCC3)CCO2)n1. The topological polar surface area (TPSA) is 84.6 Å². The molecule has 1 aromatic heterocycles. The Balaban J connectivity index is 1.63. The van der Waals surface area contributed by atoms with Crippen molar-refractivity contribution in [1.29, 1.82) is 0 Å². The fourth-order valence-corrected chi connectivity index (χ4v) is 4.68. The van der Waals surface area contributed by atoms with Crippen molar-refractivity contribution in [3.8, 4) is 11.1 Å². The number of rotatable bonds is 6. The zero-order valence-corrected chi connectivity index (χ0v) is 18.6. The first-order valence-electron chi connectivity index (χ1n) is 11.3. The maximum Gasteiger partial charge on any atom is 0.248 e. The highest BCUT2D eigenvalue weighted by atomic mass is 16.5. The van der Waals surface area contributed by atoms with Gasteiger partial charge in [-0.25, -0.2) is 9.97 Å². The second-order valence-electron chi connectivity index (χ2n) is 8.93. The minimum atomic E-state index is -0.443. The van der Waals surface area contributed by atoms with Gasteiger partial charge in [0.05, 0.1) is 12.3 Å². The van der Waals surface area contributed by atoms with Crippen LogP contribution in [0.15, 0.2) is 30.5 Å². The third-order valence-corrected chi connectivity index (χ3v) is 6.36. The smallest absolute Gasteiger partial charge is 0.248 e. The Hall–Kier alpha value is -2.51. The number of hydrogen-bond acceptors (Lipinski definition) is 6. The molecule has 1 saturated carbocycles. The molecule has 2 aromatic rings. The molecule has 1 saturated heterocycles. The number of carbonyl (C=O) groups excluding carboxylic acids is 1. The summed E-state index contributed by atoms with van der Waals surface area (Å²) in [5.41, 5.74) is 8.62. The molecule has 2 aliphatic rings. The van der Waals surface area contributed by atoms with E-state index in [1.807, 2.05) is 43.4 Å². The van der Waals surface area contributed by atoms with E-state index in [1.54, 1.807) is 6.07 Å². The van der Waals surface area contributed by atoms with E-state index in [0.29, 0.717) is 18.1 Å². The molecule has 1 aromatic carbocycles. The lowest BCUT2D eigenvalue weighted by atomic mass is 9.88. The molecule has 1 aliphatic heterocycles. The van der Waals surface area contributed by atoms with Crippen LogP contribution < -0.4 is 10.6 Å². The number of morpholine rings is 1. The summed E-state index contributed by atoms with van der Waals surface area (Å²) in [7, 11) is 3.87. The molecular weight excluding hydrogens is 390 g/mol. The Morgan fingerprint density at radius 2 is 2.06 bits per heavy atom. The van der Waals surface area contributed by atoms with Crippen molar-refractivity contribution in [2.75, 3.05) is 45.2 Å². The number of nitrogens with two attached hydrogens (primary N) is 1. The fraction of sp³-hybridized carbons (Fsp3) is 0.542. The molecule has 1 amide bonds. The summed E-state index contributed by atoms with van der Waals surface area (Å²) in [4.78, 5) is 25.5. The molecule has 1 unspecified atom stereocenters. The molecule has 4 rings (SSSR count). The zero-order chi connectivity index (χ0) is 21.8. The van der Waals surface area contributed by atoms with Gasteiger partial charge >= 0.3 is 0 Å². The molecule has 31 heavy (non-hydrogen) atoms. The number of benzene rings is 1. The number of primary amides is 1. The number of aromatic nitrogens is 2. The number of amides is 1. The minimum absolute atomic E-state index is 0.133. The van der Waals surface area contributed by atoms with Gasteiger partial charge < -0.3 is 15.4 Å². The molecule has 7 nitrogen and oxygen atoms in total. The number of hydrogen-bond donors (Lipinski definition) is 1. The van der Waals surface area contributed by atoms with Gasteiger partial charge in [-0.05, 0) is 36.5 Å². The van der Waals surface area contributed by atoms with E-state index in [2.05, 4.69) is 9.88 Å². The van der Waals surface area contributed by atoms with Crippen molar-refractivity contribution in [1.82, 2.24) is 14.9 Å². The maximum absolute atomic E-state index is 11.7. The summed E-state index contributed by atoms with van der Waals surface area (Å²) in [6, 6.07) is 7.34. The van der Waals surface area contributed by atoms with Gasteiger partial charge in [0.15, 0.2) is 0 Å². The van der Waals surface area contributed by atoms with Crippen LogP contribution in [0.4, 0.5) is 5.95 Å².